The van der Waals surface area contributed by atoms with E-state index < -0.39 is 0 Å². The van der Waals surface area contributed by atoms with Crippen LogP contribution in [0.5, 0.6) is 11.5 Å². The van der Waals surface area contributed by atoms with Crippen LogP contribution in [0.3, 0.4) is 0 Å². The summed E-state index contributed by atoms with van der Waals surface area (Å²) in [6.07, 6.45) is 0. The van der Waals surface area contributed by atoms with Crippen molar-refractivity contribution in [3.63, 3.8) is 0 Å². The van der Waals surface area contributed by atoms with E-state index in [0.29, 0.717) is 13.2 Å². The molecule has 0 fully saturated rings. The van der Waals surface area contributed by atoms with E-state index >= 15 is 0 Å². The Balaban J connectivity index is 2.43. The molecule has 1 rings (SSSR count). The summed E-state index contributed by atoms with van der Waals surface area (Å²) in [6.45, 7) is 6.15. The molecule has 0 radical (unpaired) electrons. The molecular formula is C14H22N2O3. The Morgan fingerprint density at radius 1 is 1.26 bits per heavy atom. The second-order valence-corrected chi connectivity index (χ2v) is 4.08. The molecule has 0 saturated heterocycles. The summed E-state index contributed by atoms with van der Waals surface area (Å²) in [7, 11) is 1.63. The molecule has 0 aliphatic rings. The maximum Gasteiger partial charge on any atom is 0.216 e. The van der Waals surface area contributed by atoms with E-state index in [9.17, 15) is 4.79 Å². The van der Waals surface area contributed by atoms with Crippen LogP contribution in [-0.2, 0) is 11.3 Å². The maximum absolute atomic E-state index is 10.7. The highest BCUT2D eigenvalue weighted by Gasteiger charge is 2.04. The Bertz CT molecular complexity index is 408. The van der Waals surface area contributed by atoms with Gasteiger partial charge in [0.1, 0.15) is 0 Å². The zero-order chi connectivity index (χ0) is 14.1. The fraction of sp³-hybridized carbons (Fsp3) is 0.500. The van der Waals surface area contributed by atoms with E-state index in [4.69, 9.17) is 9.47 Å². The Labute approximate surface area is 114 Å². The lowest BCUT2D eigenvalue weighted by molar-refractivity contribution is -0.118. The van der Waals surface area contributed by atoms with Crippen molar-refractivity contribution in [3.8, 4) is 11.5 Å². The van der Waals surface area contributed by atoms with Gasteiger partial charge >= 0.3 is 0 Å². The van der Waals surface area contributed by atoms with E-state index in [0.717, 1.165) is 30.2 Å². The number of ether oxygens (including phenoxy) is 2. The number of amides is 1. The number of rotatable bonds is 8. The molecule has 0 saturated carbocycles. The largest absolute Gasteiger partial charge is 0.493 e. The van der Waals surface area contributed by atoms with Gasteiger partial charge in [0.15, 0.2) is 11.5 Å². The smallest absolute Gasteiger partial charge is 0.216 e. The molecule has 0 aliphatic carbocycles. The summed E-state index contributed by atoms with van der Waals surface area (Å²) in [5.41, 5.74) is 1.11. The third-order valence-corrected chi connectivity index (χ3v) is 2.53. The first-order valence-electron chi connectivity index (χ1n) is 6.42. The zero-order valence-electron chi connectivity index (χ0n) is 11.8. The zero-order valence-corrected chi connectivity index (χ0v) is 11.8. The number of carbonyl (C=O) groups is 1. The highest BCUT2D eigenvalue weighted by molar-refractivity contribution is 5.72. The minimum atomic E-state index is -0.00969. The Hall–Kier alpha value is -1.75. The van der Waals surface area contributed by atoms with Crippen LogP contribution >= 0.6 is 0 Å². The lowest BCUT2D eigenvalue weighted by atomic mass is 10.2. The van der Waals surface area contributed by atoms with Gasteiger partial charge < -0.3 is 20.1 Å². The summed E-state index contributed by atoms with van der Waals surface area (Å²) in [5, 5.41) is 5.98. The predicted molar refractivity (Wildman–Crippen MR) is 74.6 cm³/mol. The van der Waals surface area contributed by atoms with Crippen LogP contribution in [-0.4, -0.2) is 32.7 Å². The van der Waals surface area contributed by atoms with Crippen molar-refractivity contribution in [3.05, 3.63) is 23.8 Å². The average molecular weight is 266 g/mol. The van der Waals surface area contributed by atoms with Crippen LogP contribution in [0.25, 0.3) is 0 Å². The second-order valence-electron chi connectivity index (χ2n) is 4.08. The van der Waals surface area contributed by atoms with Crippen LogP contribution in [0.2, 0.25) is 0 Å². The van der Waals surface area contributed by atoms with Crippen LogP contribution in [0.1, 0.15) is 19.4 Å². The maximum atomic E-state index is 10.7. The van der Waals surface area contributed by atoms with E-state index in [2.05, 4.69) is 10.6 Å². The van der Waals surface area contributed by atoms with Crippen LogP contribution < -0.4 is 20.1 Å². The van der Waals surface area contributed by atoms with Gasteiger partial charge in [0.05, 0.1) is 13.7 Å². The monoisotopic (exact) mass is 266 g/mol. The first-order valence-corrected chi connectivity index (χ1v) is 6.42. The number of hydrogen-bond acceptors (Lipinski definition) is 4. The van der Waals surface area contributed by atoms with E-state index in [1.165, 1.54) is 6.92 Å². The van der Waals surface area contributed by atoms with E-state index in [-0.39, 0.29) is 5.91 Å². The summed E-state index contributed by atoms with van der Waals surface area (Å²) < 4.78 is 10.7. The van der Waals surface area contributed by atoms with Gasteiger partial charge in [0.25, 0.3) is 0 Å². The van der Waals surface area contributed by atoms with Gasteiger partial charge in [-0.15, -0.1) is 0 Å². The average Bonchev–Trinajstić information content (AvgIpc) is 2.39. The van der Waals surface area contributed by atoms with Crippen molar-refractivity contribution >= 4 is 5.91 Å². The first-order chi connectivity index (χ1) is 9.17. The molecule has 0 spiro atoms. The van der Waals surface area contributed by atoms with Crippen molar-refractivity contribution in [2.45, 2.75) is 20.4 Å². The fourth-order valence-corrected chi connectivity index (χ4v) is 1.66. The molecule has 1 aromatic rings. The number of nitrogens with one attached hydrogen (secondary N) is 2. The topological polar surface area (TPSA) is 59.6 Å². The van der Waals surface area contributed by atoms with Crippen molar-refractivity contribution in [1.29, 1.82) is 0 Å². The number of methoxy groups -OCH3 is 1. The van der Waals surface area contributed by atoms with E-state index in [1.54, 1.807) is 7.11 Å². The molecule has 1 aromatic carbocycles. The van der Waals surface area contributed by atoms with Gasteiger partial charge in [0.2, 0.25) is 5.91 Å². The summed E-state index contributed by atoms with van der Waals surface area (Å²) in [6, 6.07) is 5.86. The molecule has 1 amide bonds. The summed E-state index contributed by atoms with van der Waals surface area (Å²) in [5.74, 6) is 1.49. The van der Waals surface area contributed by atoms with Crippen molar-refractivity contribution < 1.29 is 14.3 Å². The van der Waals surface area contributed by atoms with Gasteiger partial charge in [-0.1, -0.05) is 6.07 Å². The van der Waals surface area contributed by atoms with Gasteiger partial charge in [0, 0.05) is 26.6 Å². The molecular weight excluding hydrogens is 244 g/mol. The van der Waals surface area contributed by atoms with E-state index in [1.807, 2.05) is 25.1 Å². The third kappa shape index (κ3) is 5.61. The lowest BCUT2D eigenvalue weighted by Crippen LogP contribution is -2.29. The minimum Gasteiger partial charge on any atom is -0.493 e. The summed E-state index contributed by atoms with van der Waals surface area (Å²) in [4.78, 5) is 10.7. The first kappa shape index (κ1) is 15.3. The molecule has 0 unspecified atom stereocenters. The standard InChI is InChI=1S/C14H22N2O3/c1-4-19-13-6-5-12(9-14(13)18-3)10-15-7-8-16-11(2)17/h5-6,9,15H,4,7-8,10H2,1-3H3,(H,16,17). The Kier molecular flexibility index (Phi) is 6.74. The molecule has 5 nitrogen and oxygen atoms in total. The third-order valence-electron chi connectivity index (χ3n) is 2.53. The molecule has 106 valence electrons. The van der Waals surface area contributed by atoms with Gasteiger partial charge in [-0.3, -0.25) is 4.79 Å². The van der Waals surface area contributed by atoms with Crippen LogP contribution in [0, 0.1) is 0 Å². The summed E-state index contributed by atoms with van der Waals surface area (Å²) >= 11 is 0. The normalized spacial score (nSPS) is 10.1. The number of hydrogen-bond donors (Lipinski definition) is 2. The quantitative estimate of drug-likeness (QED) is 0.697. The highest BCUT2D eigenvalue weighted by atomic mass is 16.5. The van der Waals surface area contributed by atoms with Crippen LogP contribution in [0.15, 0.2) is 18.2 Å². The molecule has 0 heterocycles. The van der Waals surface area contributed by atoms with Gasteiger partial charge in [-0.05, 0) is 24.6 Å². The number of benzene rings is 1. The highest BCUT2D eigenvalue weighted by Crippen LogP contribution is 2.27. The van der Waals surface area contributed by atoms with Crippen molar-refractivity contribution in [1.82, 2.24) is 10.6 Å². The molecule has 0 atom stereocenters. The molecule has 19 heavy (non-hydrogen) atoms. The molecule has 5 heteroatoms. The molecule has 2 N–H and O–H groups in total. The second kappa shape index (κ2) is 8.37. The van der Waals surface area contributed by atoms with Gasteiger partial charge in [-0.25, -0.2) is 0 Å². The molecule has 0 bridgehead atoms. The number of carbonyl (C=O) groups excluding carboxylic acids is 1. The Morgan fingerprint density at radius 2 is 2.05 bits per heavy atom. The molecule has 0 aromatic heterocycles. The Morgan fingerprint density at radius 3 is 2.68 bits per heavy atom. The van der Waals surface area contributed by atoms with Crippen molar-refractivity contribution in [2.75, 3.05) is 26.8 Å². The lowest BCUT2D eigenvalue weighted by Gasteiger charge is -2.11. The fourth-order valence-electron chi connectivity index (χ4n) is 1.66. The molecule has 0 aliphatic heterocycles. The van der Waals surface area contributed by atoms with Gasteiger partial charge in [-0.2, -0.15) is 0 Å². The minimum absolute atomic E-state index is 0.00969. The van der Waals surface area contributed by atoms with Crippen molar-refractivity contribution in [2.24, 2.45) is 0 Å². The predicted octanol–water partition coefficient (Wildman–Crippen LogP) is 1.32. The SMILES string of the molecule is CCOc1ccc(CNCCNC(C)=O)cc1OC. The van der Waals surface area contributed by atoms with Crippen LogP contribution in [0.4, 0.5) is 0 Å².